The number of anilines is 1. The van der Waals surface area contributed by atoms with Crippen LogP contribution in [0, 0.1) is 0 Å². The van der Waals surface area contributed by atoms with Gasteiger partial charge in [-0.1, -0.05) is 40.2 Å². The van der Waals surface area contributed by atoms with E-state index in [9.17, 15) is 8.42 Å². The Morgan fingerprint density at radius 3 is 2.33 bits per heavy atom. The van der Waals surface area contributed by atoms with Crippen LogP contribution in [0.1, 0.15) is 5.56 Å². The molecular weight excluding hydrogens is 314 g/mol. The lowest BCUT2D eigenvalue weighted by molar-refractivity contribution is 0.595. The molecule has 0 aromatic heterocycles. The van der Waals surface area contributed by atoms with Gasteiger partial charge in [0.2, 0.25) is 0 Å². The molecule has 0 fully saturated rings. The molecule has 0 saturated carbocycles. The van der Waals surface area contributed by atoms with Crippen molar-refractivity contribution in [3.63, 3.8) is 0 Å². The predicted octanol–water partition coefficient (Wildman–Crippen LogP) is 3.01. The molecule has 0 atom stereocenters. The summed E-state index contributed by atoms with van der Waals surface area (Å²) in [6.45, 7) is 0. The van der Waals surface area contributed by atoms with Crippen molar-refractivity contribution in [2.75, 3.05) is 5.73 Å². The summed E-state index contributed by atoms with van der Waals surface area (Å²) in [7, 11) is -3.32. The van der Waals surface area contributed by atoms with Crippen LogP contribution in [0.5, 0.6) is 0 Å². The van der Waals surface area contributed by atoms with Crippen LogP contribution in [0.3, 0.4) is 0 Å². The molecule has 0 aliphatic heterocycles. The highest BCUT2D eigenvalue weighted by Gasteiger charge is 2.16. The van der Waals surface area contributed by atoms with Crippen LogP contribution >= 0.6 is 15.9 Å². The van der Waals surface area contributed by atoms with Gasteiger partial charge in [0, 0.05) is 10.2 Å². The molecule has 0 unspecified atom stereocenters. The summed E-state index contributed by atoms with van der Waals surface area (Å²) in [5, 5.41) is 0. The van der Waals surface area contributed by atoms with Crippen LogP contribution in [0.25, 0.3) is 0 Å². The Bertz CT molecular complexity index is 654. The molecule has 2 rings (SSSR count). The Morgan fingerprint density at radius 2 is 1.72 bits per heavy atom. The van der Waals surface area contributed by atoms with Gasteiger partial charge in [-0.2, -0.15) is 0 Å². The van der Waals surface area contributed by atoms with Gasteiger partial charge in [-0.25, -0.2) is 8.42 Å². The standard InChI is InChI=1S/C13H12BrNO2S/c14-13-8-11(15)7-6-10(13)9-18(16,17)12-4-2-1-3-5-12/h1-8H,9,15H2. The van der Waals surface area contributed by atoms with Crippen molar-refractivity contribution in [2.45, 2.75) is 10.6 Å². The molecule has 0 heterocycles. The van der Waals surface area contributed by atoms with Crippen LogP contribution in [0.15, 0.2) is 57.9 Å². The zero-order chi connectivity index (χ0) is 13.2. The molecule has 2 aromatic carbocycles. The van der Waals surface area contributed by atoms with E-state index in [1.54, 1.807) is 48.5 Å². The summed E-state index contributed by atoms with van der Waals surface area (Å²) in [6.07, 6.45) is 0. The van der Waals surface area contributed by atoms with Crippen LogP contribution in [-0.2, 0) is 15.6 Å². The van der Waals surface area contributed by atoms with E-state index < -0.39 is 9.84 Å². The number of nitrogens with two attached hydrogens (primary N) is 1. The number of halogens is 1. The molecule has 5 heteroatoms. The predicted molar refractivity (Wildman–Crippen MR) is 75.9 cm³/mol. The summed E-state index contributed by atoms with van der Waals surface area (Å²) < 4.78 is 25.1. The van der Waals surface area contributed by atoms with Gasteiger partial charge in [-0.15, -0.1) is 0 Å². The molecule has 0 spiro atoms. The van der Waals surface area contributed by atoms with E-state index in [0.717, 1.165) is 0 Å². The summed E-state index contributed by atoms with van der Waals surface area (Å²) in [5.74, 6) is -0.0438. The monoisotopic (exact) mass is 325 g/mol. The van der Waals surface area contributed by atoms with Crippen molar-refractivity contribution in [1.29, 1.82) is 0 Å². The Balaban J connectivity index is 2.34. The average Bonchev–Trinajstić information content (AvgIpc) is 2.34. The maximum absolute atomic E-state index is 12.2. The number of hydrogen-bond acceptors (Lipinski definition) is 3. The molecule has 0 aliphatic rings. The fraction of sp³-hybridized carbons (Fsp3) is 0.0769. The molecule has 94 valence electrons. The molecule has 2 aromatic rings. The van der Waals surface area contributed by atoms with E-state index in [1.165, 1.54) is 0 Å². The minimum atomic E-state index is -3.32. The van der Waals surface area contributed by atoms with E-state index in [4.69, 9.17) is 5.73 Å². The molecular formula is C13H12BrNO2S. The van der Waals surface area contributed by atoms with Crippen LogP contribution in [0.2, 0.25) is 0 Å². The second-order valence-electron chi connectivity index (χ2n) is 3.92. The number of rotatable bonds is 3. The molecule has 0 radical (unpaired) electrons. The molecule has 0 bridgehead atoms. The fourth-order valence-corrected chi connectivity index (χ4v) is 3.72. The molecule has 3 nitrogen and oxygen atoms in total. The van der Waals surface area contributed by atoms with Crippen molar-refractivity contribution < 1.29 is 8.42 Å². The van der Waals surface area contributed by atoms with E-state index in [1.807, 2.05) is 0 Å². The lowest BCUT2D eigenvalue weighted by atomic mass is 10.2. The van der Waals surface area contributed by atoms with Gasteiger partial charge in [0.15, 0.2) is 9.84 Å². The zero-order valence-corrected chi connectivity index (χ0v) is 11.9. The number of nitrogen functional groups attached to an aromatic ring is 1. The third-order valence-corrected chi connectivity index (χ3v) is 4.94. The Hall–Kier alpha value is -1.33. The molecule has 0 amide bonds. The lowest BCUT2D eigenvalue weighted by Gasteiger charge is -2.07. The maximum Gasteiger partial charge on any atom is 0.182 e. The van der Waals surface area contributed by atoms with Crippen LogP contribution in [0.4, 0.5) is 5.69 Å². The first kappa shape index (κ1) is 13.1. The normalized spacial score (nSPS) is 11.4. The van der Waals surface area contributed by atoms with Gasteiger partial charge < -0.3 is 5.73 Å². The average molecular weight is 326 g/mol. The van der Waals surface area contributed by atoms with Gasteiger partial charge in [-0.3, -0.25) is 0 Å². The first-order valence-corrected chi connectivity index (χ1v) is 7.75. The minimum Gasteiger partial charge on any atom is -0.399 e. The van der Waals surface area contributed by atoms with Crippen molar-refractivity contribution in [3.05, 3.63) is 58.6 Å². The largest absolute Gasteiger partial charge is 0.399 e. The van der Waals surface area contributed by atoms with Gasteiger partial charge in [0.05, 0.1) is 10.6 Å². The van der Waals surface area contributed by atoms with E-state index in [2.05, 4.69) is 15.9 Å². The first-order valence-electron chi connectivity index (χ1n) is 5.31. The number of hydrogen-bond donors (Lipinski definition) is 1. The molecule has 2 N–H and O–H groups in total. The second-order valence-corrected chi connectivity index (χ2v) is 6.77. The summed E-state index contributed by atoms with van der Waals surface area (Å²) >= 11 is 3.33. The highest BCUT2D eigenvalue weighted by atomic mass is 79.9. The first-order chi connectivity index (χ1) is 8.49. The van der Waals surface area contributed by atoms with E-state index in [0.29, 0.717) is 20.6 Å². The SMILES string of the molecule is Nc1ccc(CS(=O)(=O)c2ccccc2)c(Br)c1. The Kier molecular flexibility index (Phi) is 3.73. The fourth-order valence-electron chi connectivity index (χ4n) is 1.60. The maximum atomic E-state index is 12.2. The van der Waals surface area contributed by atoms with Crippen LogP contribution in [-0.4, -0.2) is 8.42 Å². The van der Waals surface area contributed by atoms with Gasteiger partial charge in [-0.05, 0) is 29.8 Å². The number of sulfone groups is 1. The Morgan fingerprint density at radius 1 is 1.06 bits per heavy atom. The molecule has 18 heavy (non-hydrogen) atoms. The third-order valence-electron chi connectivity index (χ3n) is 2.52. The smallest absolute Gasteiger partial charge is 0.182 e. The topological polar surface area (TPSA) is 60.2 Å². The molecule has 0 aliphatic carbocycles. The summed E-state index contributed by atoms with van der Waals surface area (Å²) in [5.41, 5.74) is 6.92. The summed E-state index contributed by atoms with van der Waals surface area (Å²) in [6, 6.07) is 13.5. The Labute approximate surface area is 115 Å². The highest BCUT2D eigenvalue weighted by molar-refractivity contribution is 9.10. The van der Waals surface area contributed by atoms with Gasteiger partial charge in [0.25, 0.3) is 0 Å². The lowest BCUT2D eigenvalue weighted by Crippen LogP contribution is -2.05. The summed E-state index contributed by atoms with van der Waals surface area (Å²) in [4.78, 5) is 0.328. The van der Waals surface area contributed by atoms with Crippen molar-refractivity contribution in [3.8, 4) is 0 Å². The second kappa shape index (κ2) is 5.12. The molecule has 0 saturated heterocycles. The minimum absolute atomic E-state index is 0.0438. The number of benzene rings is 2. The quantitative estimate of drug-likeness (QED) is 0.882. The van der Waals surface area contributed by atoms with E-state index in [-0.39, 0.29) is 5.75 Å². The zero-order valence-electron chi connectivity index (χ0n) is 9.51. The van der Waals surface area contributed by atoms with E-state index >= 15 is 0 Å². The van der Waals surface area contributed by atoms with Crippen LogP contribution < -0.4 is 5.73 Å². The van der Waals surface area contributed by atoms with Crippen molar-refractivity contribution >= 4 is 31.5 Å². The third kappa shape index (κ3) is 2.91. The van der Waals surface area contributed by atoms with Gasteiger partial charge in [0.1, 0.15) is 0 Å². The van der Waals surface area contributed by atoms with Crippen molar-refractivity contribution in [2.24, 2.45) is 0 Å². The van der Waals surface area contributed by atoms with Gasteiger partial charge >= 0.3 is 0 Å². The highest BCUT2D eigenvalue weighted by Crippen LogP contribution is 2.24. The van der Waals surface area contributed by atoms with Crippen molar-refractivity contribution in [1.82, 2.24) is 0 Å².